The molecule has 0 aromatic heterocycles. The zero-order valence-corrected chi connectivity index (χ0v) is 12.3. The van der Waals surface area contributed by atoms with Crippen LogP contribution in [0.1, 0.15) is 32.6 Å². The van der Waals surface area contributed by atoms with E-state index in [1.165, 1.54) is 0 Å². The molecule has 1 aromatic rings. The first-order valence-electron chi connectivity index (χ1n) is 6.97. The van der Waals surface area contributed by atoms with Gasteiger partial charge in [-0.1, -0.05) is 18.5 Å². The summed E-state index contributed by atoms with van der Waals surface area (Å²) in [4.78, 5) is 26.0. The number of nitrogens with one attached hydrogen (secondary N) is 1. The maximum atomic E-state index is 12.3. The predicted molar refractivity (Wildman–Crippen MR) is 79.7 cm³/mol. The Hall–Kier alpha value is -1.55. The van der Waals surface area contributed by atoms with Crippen molar-refractivity contribution in [2.45, 2.75) is 38.6 Å². The lowest BCUT2D eigenvalue weighted by molar-refractivity contribution is -0.136. The van der Waals surface area contributed by atoms with Crippen LogP contribution in [0.5, 0.6) is 0 Å². The minimum Gasteiger partial charge on any atom is -0.331 e. The van der Waals surface area contributed by atoms with Gasteiger partial charge in [-0.3, -0.25) is 9.59 Å². The van der Waals surface area contributed by atoms with Gasteiger partial charge in [0.25, 0.3) is 0 Å². The average molecular weight is 295 g/mol. The van der Waals surface area contributed by atoms with Crippen molar-refractivity contribution in [3.8, 4) is 0 Å². The molecule has 1 saturated heterocycles. The van der Waals surface area contributed by atoms with Gasteiger partial charge in [0.05, 0.1) is 0 Å². The summed E-state index contributed by atoms with van der Waals surface area (Å²) in [7, 11) is 0. The summed E-state index contributed by atoms with van der Waals surface area (Å²) in [6.45, 7) is 2.65. The van der Waals surface area contributed by atoms with Crippen LogP contribution < -0.4 is 5.32 Å². The van der Waals surface area contributed by atoms with E-state index in [0.29, 0.717) is 23.7 Å². The Balaban J connectivity index is 2.00. The minimum absolute atomic E-state index is 0.0706. The van der Waals surface area contributed by atoms with Gasteiger partial charge < -0.3 is 10.2 Å². The summed E-state index contributed by atoms with van der Waals surface area (Å²) in [5.41, 5.74) is 0.703. The van der Waals surface area contributed by atoms with E-state index < -0.39 is 0 Å². The largest absolute Gasteiger partial charge is 0.331 e. The highest BCUT2D eigenvalue weighted by Gasteiger charge is 2.33. The van der Waals surface area contributed by atoms with Crippen LogP contribution in [-0.2, 0) is 9.59 Å². The Kier molecular flexibility index (Phi) is 5.01. The number of carbonyl (C=O) groups excluding carboxylic acids is 2. The van der Waals surface area contributed by atoms with E-state index in [2.05, 4.69) is 5.32 Å². The van der Waals surface area contributed by atoms with Crippen molar-refractivity contribution in [3.05, 3.63) is 29.3 Å². The lowest BCUT2D eigenvalue weighted by atomic mass is 10.2. The van der Waals surface area contributed by atoms with Crippen molar-refractivity contribution in [1.82, 2.24) is 4.90 Å². The molecule has 0 bridgehead atoms. The molecule has 20 heavy (non-hydrogen) atoms. The van der Waals surface area contributed by atoms with Crippen LogP contribution >= 0.6 is 11.6 Å². The zero-order valence-electron chi connectivity index (χ0n) is 11.6. The van der Waals surface area contributed by atoms with Crippen LogP contribution in [0.25, 0.3) is 0 Å². The van der Waals surface area contributed by atoms with E-state index >= 15 is 0 Å². The number of benzene rings is 1. The molecule has 1 fully saturated rings. The first-order chi connectivity index (χ1) is 9.61. The smallest absolute Gasteiger partial charge is 0.247 e. The molecule has 0 spiro atoms. The number of hydrogen-bond donors (Lipinski definition) is 1. The molecule has 1 aliphatic heterocycles. The van der Waals surface area contributed by atoms with E-state index in [0.717, 1.165) is 19.3 Å². The molecular formula is C15H19ClN2O2. The van der Waals surface area contributed by atoms with Gasteiger partial charge in [0.15, 0.2) is 0 Å². The summed E-state index contributed by atoms with van der Waals surface area (Å²) in [5, 5.41) is 3.47. The lowest BCUT2D eigenvalue weighted by Crippen LogP contribution is -2.43. The Morgan fingerprint density at radius 1 is 1.35 bits per heavy atom. The Morgan fingerprint density at radius 2 is 2.05 bits per heavy atom. The fraction of sp³-hybridized carbons (Fsp3) is 0.467. The first-order valence-corrected chi connectivity index (χ1v) is 7.35. The van der Waals surface area contributed by atoms with Crippen molar-refractivity contribution in [2.75, 3.05) is 11.9 Å². The Morgan fingerprint density at radius 3 is 2.70 bits per heavy atom. The minimum atomic E-state index is -0.343. The van der Waals surface area contributed by atoms with Crippen molar-refractivity contribution >= 4 is 29.1 Å². The molecule has 1 atom stereocenters. The molecule has 1 heterocycles. The van der Waals surface area contributed by atoms with Gasteiger partial charge in [-0.15, -0.1) is 0 Å². The predicted octanol–water partition coefficient (Wildman–Crippen LogP) is 3.07. The van der Waals surface area contributed by atoms with Gasteiger partial charge in [-0.25, -0.2) is 0 Å². The van der Waals surface area contributed by atoms with Crippen molar-refractivity contribution < 1.29 is 9.59 Å². The number of amides is 2. The molecule has 0 aliphatic carbocycles. The van der Waals surface area contributed by atoms with E-state index in [4.69, 9.17) is 11.6 Å². The van der Waals surface area contributed by atoms with Gasteiger partial charge >= 0.3 is 0 Å². The first kappa shape index (κ1) is 14.9. The standard InChI is InChI=1S/C15H19ClN2O2/c1-2-4-14(19)18-10-3-5-13(18)15(20)17-12-8-6-11(16)7-9-12/h6-9,13H,2-5,10H2,1H3,(H,17,20)/t13-/m0/s1. The van der Waals surface area contributed by atoms with Crippen LogP contribution in [0.15, 0.2) is 24.3 Å². The molecule has 108 valence electrons. The molecule has 0 saturated carbocycles. The SMILES string of the molecule is CCCC(=O)N1CCC[C@H]1C(=O)Nc1ccc(Cl)cc1. The molecule has 0 radical (unpaired) electrons. The number of halogens is 1. The third kappa shape index (κ3) is 3.51. The van der Waals surface area contributed by atoms with Crippen molar-refractivity contribution in [2.24, 2.45) is 0 Å². The fourth-order valence-corrected chi connectivity index (χ4v) is 2.58. The second-order valence-electron chi connectivity index (χ2n) is 4.99. The van der Waals surface area contributed by atoms with E-state index in [1.807, 2.05) is 6.92 Å². The molecule has 2 rings (SSSR count). The fourth-order valence-electron chi connectivity index (χ4n) is 2.45. The molecule has 1 aliphatic rings. The summed E-state index contributed by atoms with van der Waals surface area (Å²) in [6.07, 6.45) is 2.93. The van der Waals surface area contributed by atoms with E-state index in [1.54, 1.807) is 29.2 Å². The number of carbonyl (C=O) groups is 2. The summed E-state index contributed by atoms with van der Waals surface area (Å²) >= 11 is 5.81. The van der Waals surface area contributed by atoms with Crippen LogP contribution in [0.3, 0.4) is 0 Å². The highest BCUT2D eigenvalue weighted by Crippen LogP contribution is 2.21. The molecule has 2 amide bonds. The number of rotatable bonds is 4. The Bertz CT molecular complexity index is 487. The molecule has 1 N–H and O–H groups in total. The monoisotopic (exact) mass is 294 g/mol. The van der Waals surface area contributed by atoms with Gasteiger partial charge in [-0.2, -0.15) is 0 Å². The number of likely N-dealkylation sites (tertiary alicyclic amines) is 1. The highest BCUT2D eigenvalue weighted by atomic mass is 35.5. The quantitative estimate of drug-likeness (QED) is 0.928. The maximum absolute atomic E-state index is 12.3. The van der Waals surface area contributed by atoms with Gasteiger partial charge in [0, 0.05) is 23.7 Å². The van der Waals surface area contributed by atoms with Crippen LogP contribution in [0, 0.1) is 0 Å². The highest BCUT2D eigenvalue weighted by molar-refractivity contribution is 6.30. The normalized spacial score (nSPS) is 18.1. The molecule has 1 aromatic carbocycles. The van der Waals surface area contributed by atoms with Crippen LogP contribution in [0.4, 0.5) is 5.69 Å². The number of nitrogens with zero attached hydrogens (tertiary/aromatic N) is 1. The molecule has 4 nitrogen and oxygen atoms in total. The zero-order chi connectivity index (χ0) is 14.5. The number of hydrogen-bond acceptors (Lipinski definition) is 2. The van der Waals surface area contributed by atoms with Gasteiger partial charge in [-0.05, 0) is 43.5 Å². The Labute approximate surface area is 124 Å². The molecule has 5 heteroatoms. The topological polar surface area (TPSA) is 49.4 Å². The van der Waals surface area contributed by atoms with E-state index in [-0.39, 0.29) is 17.9 Å². The maximum Gasteiger partial charge on any atom is 0.247 e. The average Bonchev–Trinajstić information content (AvgIpc) is 2.91. The second-order valence-corrected chi connectivity index (χ2v) is 5.43. The van der Waals surface area contributed by atoms with Crippen molar-refractivity contribution in [1.29, 1.82) is 0 Å². The molecular weight excluding hydrogens is 276 g/mol. The summed E-state index contributed by atoms with van der Waals surface area (Å²) in [5.74, 6) is -0.0458. The molecule has 0 unspecified atom stereocenters. The third-order valence-electron chi connectivity index (χ3n) is 3.45. The number of anilines is 1. The second kappa shape index (κ2) is 6.75. The van der Waals surface area contributed by atoms with Crippen LogP contribution in [0.2, 0.25) is 5.02 Å². The van der Waals surface area contributed by atoms with Gasteiger partial charge in [0.1, 0.15) is 6.04 Å². The van der Waals surface area contributed by atoms with Gasteiger partial charge in [0.2, 0.25) is 11.8 Å². The summed E-state index contributed by atoms with van der Waals surface area (Å²) < 4.78 is 0. The summed E-state index contributed by atoms with van der Waals surface area (Å²) in [6, 6.07) is 6.63. The van der Waals surface area contributed by atoms with Crippen molar-refractivity contribution in [3.63, 3.8) is 0 Å². The lowest BCUT2D eigenvalue weighted by Gasteiger charge is -2.23. The van der Waals surface area contributed by atoms with E-state index in [9.17, 15) is 9.59 Å². The van der Waals surface area contributed by atoms with Crippen LogP contribution in [-0.4, -0.2) is 29.3 Å². The third-order valence-corrected chi connectivity index (χ3v) is 3.70.